The van der Waals surface area contributed by atoms with Crippen molar-refractivity contribution < 1.29 is 9.59 Å². The van der Waals surface area contributed by atoms with Gasteiger partial charge in [0.1, 0.15) is 0 Å². The van der Waals surface area contributed by atoms with E-state index in [0.29, 0.717) is 13.1 Å². The summed E-state index contributed by atoms with van der Waals surface area (Å²) in [6.07, 6.45) is 1.54. The van der Waals surface area contributed by atoms with Crippen LogP contribution in [0.1, 0.15) is 27.4 Å². The van der Waals surface area contributed by atoms with Crippen LogP contribution in [0.4, 0.5) is 0 Å². The first-order valence-electron chi connectivity index (χ1n) is 9.68. The highest BCUT2D eigenvalue weighted by Crippen LogP contribution is 2.25. The monoisotopic (exact) mass is 437 g/mol. The Balaban J connectivity index is 1.23. The van der Waals surface area contributed by atoms with Crippen molar-refractivity contribution >= 4 is 46.1 Å². The van der Waals surface area contributed by atoms with Gasteiger partial charge in [-0.05, 0) is 36.4 Å². The van der Waals surface area contributed by atoms with Gasteiger partial charge >= 0.3 is 0 Å². The molecule has 4 heterocycles. The van der Waals surface area contributed by atoms with Crippen LogP contribution in [0.5, 0.6) is 0 Å². The molecule has 28 heavy (non-hydrogen) atoms. The molecule has 0 radical (unpaired) electrons. The van der Waals surface area contributed by atoms with Gasteiger partial charge in [-0.25, -0.2) is 0 Å². The third-order valence-corrected chi connectivity index (χ3v) is 7.63. The molecular weight excluding hydrogens is 414 g/mol. The van der Waals surface area contributed by atoms with Crippen molar-refractivity contribution in [3.05, 3.63) is 43.7 Å². The Labute approximate surface area is 178 Å². The van der Waals surface area contributed by atoms with Crippen LogP contribution in [0.25, 0.3) is 0 Å². The molecule has 2 aliphatic rings. The zero-order chi connectivity index (χ0) is 19.5. The van der Waals surface area contributed by atoms with Gasteiger partial charge in [0.2, 0.25) is 5.91 Å². The Hall–Kier alpha value is -1.41. The number of likely N-dealkylation sites (tertiary alicyclic amines) is 1. The number of hydrogen-bond donors (Lipinski definition) is 0. The highest BCUT2D eigenvalue weighted by atomic mass is 35.5. The number of rotatable bonds is 4. The first kappa shape index (κ1) is 19.9. The summed E-state index contributed by atoms with van der Waals surface area (Å²) < 4.78 is 0.827. The van der Waals surface area contributed by atoms with E-state index in [9.17, 15) is 9.59 Å². The summed E-state index contributed by atoms with van der Waals surface area (Å²) in [5.41, 5.74) is 0. The lowest BCUT2D eigenvalue weighted by Gasteiger charge is -2.38. The smallest absolute Gasteiger partial charge is 0.263 e. The maximum atomic E-state index is 12.9. The number of nitrogens with zero attached hydrogens (tertiary/aromatic N) is 3. The van der Waals surface area contributed by atoms with Crippen LogP contribution in [-0.2, 0) is 11.3 Å². The summed E-state index contributed by atoms with van der Waals surface area (Å²) in [4.78, 5) is 33.7. The second-order valence-corrected chi connectivity index (χ2v) is 10.1. The molecule has 0 saturated carbocycles. The van der Waals surface area contributed by atoms with Crippen LogP contribution in [0.3, 0.4) is 0 Å². The molecule has 2 aromatic heterocycles. The Kier molecular flexibility index (Phi) is 6.35. The van der Waals surface area contributed by atoms with Crippen molar-refractivity contribution in [3.8, 4) is 0 Å². The second kappa shape index (κ2) is 8.95. The lowest BCUT2D eigenvalue weighted by Crippen LogP contribution is -2.51. The minimum Gasteiger partial charge on any atom is -0.340 e. The van der Waals surface area contributed by atoms with Gasteiger partial charge < -0.3 is 9.80 Å². The number of carbonyl (C=O) groups is 2. The van der Waals surface area contributed by atoms with E-state index in [4.69, 9.17) is 11.6 Å². The van der Waals surface area contributed by atoms with Crippen LogP contribution < -0.4 is 0 Å². The molecule has 4 rings (SSSR count). The molecular formula is C20H24ClN3O2S2. The van der Waals surface area contributed by atoms with E-state index in [0.717, 1.165) is 54.8 Å². The number of piperidine rings is 1. The van der Waals surface area contributed by atoms with Crippen molar-refractivity contribution in [2.75, 3.05) is 39.3 Å². The Morgan fingerprint density at radius 1 is 1.00 bits per heavy atom. The standard InChI is InChI=1S/C20H24ClN3O2S2/c21-18-4-3-16(28-18)14-22-9-11-24(12-10-22)19(25)15-5-7-23(8-6-15)20(26)17-2-1-13-27-17/h1-4,13,15H,5-12,14H2. The predicted octanol–water partition coefficient (Wildman–Crippen LogP) is 3.66. The van der Waals surface area contributed by atoms with Crippen molar-refractivity contribution in [1.29, 1.82) is 0 Å². The van der Waals surface area contributed by atoms with E-state index in [1.807, 2.05) is 33.4 Å². The average Bonchev–Trinajstić information content (AvgIpc) is 3.40. The molecule has 0 aliphatic carbocycles. The summed E-state index contributed by atoms with van der Waals surface area (Å²) in [6, 6.07) is 7.79. The Morgan fingerprint density at radius 2 is 1.75 bits per heavy atom. The van der Waals surface area contributed by atoms with E-state index < -0.39 is 0 Å². The molecule has 5 nitrogen and oxygen atoms in total. The summed E-state index contributed by atoms with van der Waals surface area (Å²) in [7, 11) is 0. The molecule has 0 N–H and O–H groups in total. The normalized spacial score (nSPS) is 19.2. The number of hydrogen-bond acceptors (Lipinski definition) is 5. The van der Waals surface area contributed by atoms with Crippen molar-refractivity contribution in [1.82, 2.24) is 14.7 Å². The summed E-state index contributed by atoms with van der Waals surface area (Å²) in [5, 5.41) is 1.93. The average molecular weight is 438 g/mol. The molecule has 2 saturated heterocycles. The van der Waals surface area contributed by atoms with Crippen LogP contribution in [0.15, 0.2) is 29.6 Å². The predicted molar refractivity (Wildman–Crippen MR) is 114 cm³/mol. The van der Waals surface area contributed by atoms with Gasteiger partial charge in [-0.1, -0.05) is 17.7 Å². The summed E-state index contributed by atoms with van der Waals surface area (Å²) in [6.45, 7) is 5.62. The van der Waals surface area contributed by atoms with Gasteiger partial charge in [0.15, 0.2) is 0 Å². The fraction of sp³-hybridized carbons (Fsp3) is 0.500. The molecule has 150 valence electrons. The number of amides is 2. The Morgan fingerprint density at radius 3 is 2.36 bits per heavy atom. The maximum absolute atomic E-state index is 12.9. The number of piperazine rings is 1. The zero-order valence-electron chi connectivity index (χ0n) is 15.7. The van der Waals surface area contributed by atoms with E-state index in [-0.39, 0.29) is 17.7 Å². The van der Waals surface area contributed by atoms with Gasteiger partial charge in [-0.3, -0.25) is 14.5 Å². The van der Waals surface area contributed by atoms with Crippen LogP contribution in [0.2, 0.25) is 4.34 Å². The highest BCUT2D eigenvalue weighted by Gasteiger charge is 2.32. The number of thiophene rings is 2. The first-order chi connectivity index (χ1) is 13.6. The fourth-order valence-corrected chi connectivity index (χ4v) is 5.75. The summed E-state index contributed by atoms with van der Waals surface area (Å²) >= 11 is 9.11. The number of carbonyl (C=O) groups excluding carboxylic acids is 2. The van der Waals surface area contributed by atoms with Crippen molar-refractivity contribution in [2.24, 2.45) is 5.92 Å². The molecule has 8 heteroatoms. The molecule has 2 fully saturated rings. The first-order valence-corrected chi connectivity index (χ1v) is 11.8. The van der Waals surface area contributed by atoms with E-state index in [1.165, 1.54) is 16.2 Å². The zero-order valence-corrected chi connectivity index (χ0v) is 18.1. The third kappa shape index (κ3) is 4.59. The fourth-order valence-electron chi connectivity index (χ4n) is 3.93. The van der Waals surface area contributed by atoms with Crippen molar-refractivity contribution in [2.45, 2.75) is 19.4 Å². The van der Waals surface area contributed by atoms with Gasteiger partial charge in [0.25, 0.3) is 5.91 Å². The molecule has 2 aliphatic heterocycles. The molecule has 0 spiro atoms. The molecule has 0 aromatic carbocycles. The lowest BCUT2D eigenvalue weighted by molar-refractivity contribution is -0.138. The van der Waals surface area contributed by atoms with E-state index >= 15 is 0 Å². The largest absolute Gasteiger partial charge is 0.340 e. The van der Waals surface area contributed by atoms with Gasteiger partial charge in [0.05, 0.1) is 9.21 Å². The summed E-state index contributed by atoms with van der Waals surface area (Å²) in [5.74, 6) is 0.417. The third-order valence-electron chi connectivity index (χ3n) is 5.56. The topological polar surface area (TPSA) is 43.9 Å². The van der Waals surface area contributed by atoms with E-state index in [1.54, 1.807) is 11.3 Å². The van der Waals surface area contributed by atoms with Crippen molar-refractivity contribution in [3.63, 3.8) is 0 Å². The molecule has 0 atom stereocenters. The van der Waals surface area contributed by atoms with Crippen LogP contribution in [0, 0.1) is 5.92 Å². The second-order valence-electron chi connectivity index (χ2n) is 7.35. The maximum Gasteiger partial charge on any atom is 0.263 e. The van der Waals surface area contributed by atoms with E-state index in [2.05, 4.69) is 11.0 Å². The molecule has 0 unspecified atom stereocenters. The van der Waals surface area contributed by atoms with Crippen LogP contribution >= 0.6 is 34.3 Å². The highest BCUT2D eigenvalue weighted by molar-refractivity contribution is 7.16. The van der Waals surface area contributed by atoms with Crippen LogP contribution in [-0.4, -0.2) is 65.8 Å². The number of halogens is 1. The quantitative estimate of drug-likeness (QED) is 0.733. The molecule has 2 aromatic rings. The lowest BCUT2D eigenvalue weighted by atomic mass is 9.95. The van der Waals surface area contributed by atoms with Gasteiger partial charge in [-0.15, -0.1) is 22.7 Å². The Bertz CT molecular complexity index is 807. The SMILES string of the molecule is O=C(c1cccs1)N1CCC(C(=O)N2CCN(Cc3ccc(Cl)s3)CC2)CC1. The van der Waals surface area contributed by atoms with Gasteiger partial charge in [0, 0.05) is 56.6 Å². The molecule has 2 amide bonds. The van der Waals surface area contributed by atoms with Gasteiger partial charge in [-0.2, -0.15) is 0 Å². The minimum atomic E-state index is 0.0510. The molecule has 0 bridgehead atoms. The minimum absolute atomic E-state index is 0.0510.